The topological polar surface area (TPSA) is 93.0 Å². The molecule has 1 aliphatic heterocycles. The van der Waals surface area contributed by atoms with Crippen molar-refractivity contribution >= 4 is 46.5 Å². The summed E-state index contributed by atoms with van der Waals surface area (Å²) in [6.07, 6.45) is 0. The number of hydrogen-bond acceptors (Lipinski definition) is 6. The molecule has 0 unspecified atom stereocenters. The average Bonchev–Trinajstić information content (AvgIpc) is 2.71. The first-order valence-corrected chi connectivity index (χ1v) is 9.50. The largest absolute Gasteiger partial charge is 0.452 e. The van der Waals surface area contributed by atoms with Crippen molar-refractivity contribution < 1.29 is 19.2 Å². The van der Waals surface area contributed by atoms with Crippen molar-refractivity contribution in [1.29, 1.82) is 0 Å². The Balaban J connectivity index is 1.55. The van der Waals surface area contributed by atoms with E-state index >= 15 is 0 Å². The van der Waals surface area contributed by atoms with E-state index in [9.17, 15) is 19.7 Å². The summed E-state index contributed by atoms with van der Waals surface area (Å²) in [6.45, 7) is 1.64. The predicted molar refractivity (Wildman–Crippen MR) is 109 cm³/mol. The third-order valence-electron chi connectivity index (χ3n) is 4.51. The highest BCUT2D eigenvalue weighted by atomic mass is 35.5. The Morgan fingerprint density at radius 3 is 2.38 bits per heavy atom. The van der Waals surface area contributed by atoms with E-state index < -0.39 is 23.2 Å². The summed E-state index contributed by atoms with van der Waals surface area (Å²) in [5.41, 5.74) is 0.257. The van der Waals surface area contributed by atoms with Gasteiger partial charge in [-0.2, -0.15) is 0 Å². The standard InChI is InChI=1S/C19H17Cl2N3O5/c20-13-2-1-3-15(10-13)22-6-8-23(9-7-22)18(25)12-29-19(26)16-11-14(21)4-5-17(16)24(27)28/h1-5,10-11H,6-9,12H2. The van der Waals surface area contributed by atoms with Crippen LogP contribution in [0.15, 0.2) is 42.5 Å². The number of hydrogen-bond donors (Lipinski definition) is 0. The van der Waals surface area contributed by atoms with Gasteiger partial charge in [0.1, 0.15) is 5.56 Å². The molecule has 2 aromatic rings. The lowest BCUT2D eigenvalue weighted by Crippen LogP contribution is -2.49. The molecule has 1 heterocycles. The number of ether oxygens (including phenoxy) is 1. The molecule has 10 heteroatoms. The van der Waals surface area contributed by atoms with Crippen LogP contribution in [-0.2, 0) is 9.53 Å². The molecule has 2 aromatic carbocycles. The van der Waals surface area contributed by atoms with Crippen molar-refractivity contribution in [2.75, 3.05) is 37.7 Å². The zero-order chi connectivity index (χ0) is 21.0. The minimum absolute atomic E-state index is 0.158. The van der Waals surface area contributed by atoms with Gasteiger partial charge in [0.05, 0.1) is 4.92 Å². The molecule has 1 amide bonds. The molecule has 0 N–H and O–H groups in total. The number of nitrogens with zero attached hydrogens (tertiary/aromatic N) is 3. The van der Waals surface area contributed by atoms with Gasteiger partial charge in [-0.1, -0.05) is 29.3 Å². The number of piperazine rings is 1. The van der Waals surface area contributed by atoms with Crippen LogP contribution in [0.2, 0.25) is 10.0 Å². The molecule has 0 spiro atoms. The van der Waals surface area contributed by atoms with E-state index in [1.807, 2.05) is 18.2 Å². The van der Waals surface area contributed by atoms with Gasteiger partial charge in [-0.05, 0) is 30.3 Å². The van der Waals surface area contributed by atoms with Crippen LogP contribution in [0, 0.1) is 10.1 Å². The molecule has 152 valence electrons. The number of carbonyl (C=O) groups is 2. The van der Waals surface area contributed by atoms with Gasteiger partial charge in [-0.15, -0.1) is 0 Å². The van der Waals surface area contributed by atoms with Gasteiger partial charge in [-0.25, -0.2) is 4.79 Å². The lowest BCUT2D eigenvalue weighted by atomic mass is 10.2. The van der Waals surface area contributed by atoms with E-state index in [0.717, 1.165) is 17.8 Å². The van der Waals surface area contributed by atoms with Gasteiger partial charge in [0, 0.05) is 48.0 Å². The van der Waals surface area contributed by atoms with Crippen molar-refractivity contribution in [2.24, 2.45) is 0 Å². The van der Waals surface area contributed by atoms with Gasteiger partial charge < -0.3 is 14.5 Å². The highest BCUT2D eigenvalue weighted by molar-refractivity contribution is 6.31. The fourth-order valence-corrected chi connectivity index (χ4v) is 3.37. The number of anilines is 1. The lowest BCUT2D eigenvalue weighted by Gasteiger charge is -2.36. The van der Waals surface area contributed by atoms with Crippen LogP contribution in [0.3, 0.4) is 0 Å². The summed E-state index contributed by atoms with van der Waals surface area (Å²) >= 11 is 11.8. The van der Waals surface area contributed by atoms with Gasteiger partial charge in [-0.3, -0.25) is 14.9 Å². The fourth-order valence-electron chi connectivity index (χ4n) is 3.01. The van der Waals surface area contributed by atoms with E-state index in [-0.39, 0.29) is 16.5 Å². The van der Waals surface area contributed by atoms with Crippen LogP contribution in [0.25, 0.3) is 0 Å². The van der Waals surface area contributed by atoms with Gasteiger partial charge in [0.15, 0.2) is 6.61 Å². The monoisotopic (exact) mass is 437 g/mol. The van der Waals surface area contributed by atoms with Gasteiger partial charge in [0.2, 0.25) is 0 Å². The maximum atomic E-state index is 12.4. The van der Waals surface area contributed by atoms with Crippen LogP contribution < -0.4 is 4.90 Å². The van der Waals surface area contributed by atoms with Crippen LogP contribution in [0.1, 0.15) is 10.4 Å². The van der Waals surface area contributed by atoms with Crippen LogP contribution in [0.5, 0.6) is 0 Å². The number of nitro benzene ring substituents is 1. The van der Waals surface area contributed by atoms with Crippen molar-refractivity contribution in [1.82, 2.24) is 4.90 Å². The number of halogens is 2. The van der Waals surface area contributed by atoms with Crippen LogP contribution in [0.4, 0.5) is 11.4 Å². The highest BCUT2D eigenvalue weighted by Gasteiger charge is 2.25. The Labute approximate surface area is 176 Å². The molecule has 0 bridgehead atoms. The Morgan fingerprint density at radius 2 is 1.72 bits per heavy atom. The van der Waals surface area contributed by atoms with Crippen molar-refractivity contribution in [3.8, 4) is 0 Å². The number of amides is 1. The van der Waals surface area contributed by atoms with Crippen molar-refractivity contribution in [3.05, 3.63) is 68.2 Å². The minimum Gasteiger partial charge on any atom is -0.452 e. The van der Waals surface area contributed by atoms with E-state index in [1.54, 1.807) is 11.0 Å². The molecule has 1 aliphatic rings. The second kappa shape index (κ2) is 9.11. The van der Waals surface area contributed by atoms with E-state index in [0.29, 0.717) is 31.2 Å². The summed E-state index contributed by atoms with van der Waals surface area (Å²) in [5, 5.41) is 11.9. The minimum atomic E-state index is -0.967. The first kappa shape index (κ1) is 20.9. The summed E-state index contributed by atoms with van der Waals surface area (Å²) in [4.78, 5) is 38.6. The first-order valence-electron chi connectivity index (χ1n) is 8.74. The molecule has 0 aromatic heterocycles. The van der Waals surface area contributed by atoms with Gasteiger partial charge >= 0.3 is 5.97 Å². The first-order chi connectivity index (χ1) is 13.8. The second-order valence-electron chi connectivity index (χ2n) is 6.34. The third-order valence-corrected chi connectivity index (χ3v) is 4.98. The van der Waals surface area contributed by atoms with Gasteiger partial charge in [0.25, 0.3) is 11.6 Å². The predicted octanol–water partition coefficient (Wildman–Crippen LogP) is 3.41. The molecular formula is C19H17Cl2N3O5. The third kappa shape index (κ3) is 5.16. The molecule has 3 rings (SSSR count). The number of carbonyl (C=O) groups excluding carboxylic acids is 2. The maximum absolute atomic E-state index is 12.4. The normalized spacial score (nSPS) is 13.9. The Hall–Kier alpha value is -2.84. The zero-order valence-electron chi connectivity index (χ0n) is 15.2. The zero-order valence-corrected chi connectivity index (χ0v) is 16.7. The fraction of sp³-hybridized carbons (Fsp3) is 0.263. The molecule has 0 saturated carbocycles. The lowest BCUT2D eigenvalue weighted by molar-refractivity contribution is -0.385. The van der Waals surface area contributed by atoms with E-state index in [1.165, 1.54) is 6.07 Å². The number of rotatable bonds is 5. The van der Waals surface area contributed by atoms with Crippen molar-refractivity contribution in [3.63, 3.8) is 0 Å². The molecule has 0 atom stereocenters. The Morgan fingerprint density at radius 1 is 1.03 bits per heavy atom. The summed E-state index contributed by atoms with van der Waals surface area (Å²) in [5.74, 6) is -1.33. The Kier molecular flexibility index (Phi) is 6.56. The number of nitro groups is 1. The smallest absolute Gasteiger partial charge is 0.345 e. The summed E-state index contributed by atoms with van der Waals surface area (Å²) < 4.78 is 4.99. The molecule has 0 radical (unpaired) electrons. The highest BCUT2D eigenvalue weighted by Crippen LogP contribution is 2.24. The van der Waals surface area contributed by atoms with Crippen molar-refractivity contribution in [2.45, 2.75) is 0 Å². The quantitative estimate of drug-likeness (QED) is 0.404. The molecule has 8 nitrogen and oxygen atoms in total. The maximum Gasteiger partial charge on any atom is 0.345 e. The SMILES string of the molecule is O=C(OCC(=O)N1CCN(c2cccc(Cl)c2)CC1)c1cc(Cl)ccc1[N+](=O)[O-]. The van der Waals surface area contributed by atoms with E-state index in [4.69, 9.17) is 27.9 Å². The molecule has 0 aliphatic carbocycles. The molecule has 1 fully saturated rings. The molecular weight excluding hydrogens is 421 g/mol. The number of benzene rings is 2. The Bertz CT molecular complexity index is 945. The van der Waals surface area contributed by atoms with E-state index in [2.05, 4.69) is 4.90 Å². The second-order valence-corrected chi connectivity index (χ2v) is 7.22. The number of esters is 1. The molecule has 1 saturated heterocycles. The van der Waals surface area contributed by atoms with Crippen LogP contribution in [-0.4, -0.2) is 54.5 Å². The summed E-state index contributed by atoms with van der Waals surface area (Å²) in [7, 11) is 0. The summed E-state index contributed by atoms with van der Waals surface area (Å²) in [6, 6.07) is 11.0. The molecule has 29 heavy (non-hydrogen) atoms. The van der Waals surface area contributed by atoms with Crippen LogP contribution >= 0.6 is 23.2 Å². The average molecular weight is 438 g/mol.